The summed E-state index contributed by atoms with van der Waals surface area (Å²) in [5.74, 6) is 0.141. The van der Waals surface area contributed by atoms with E-state index in [0.29, 0.717) is 30.2 Å². The highest BCUT2D eigenvalue weighted by atomic mass is 16.5. The average molecular weight is 291 g/mol. The molecule has 1 unspecified atom stereocenters. The van der Waals surface area contributed by atoms with Crippen molar-refractivity contribution in [2.45, 2.75) is 33.1 Å². The van der Waals surface area contributed by atoms with Gasteiger partial charge in [-0.25, -0.2) is 4.98 Å². The number of pyridine rings is 1. The van der Waals surface area contributed by atoms with Gasteiger partial charge in [-0.05, 0) is 31.7 Å². The summed E-state index contributed by atoms with van der Waals surface area (Å²) >= 11 is 0. The maximum atomic E-state index is 12.2. The zero-order valence-corrected chi connectivity index (χ0v) is 12.4. The SMILES string of the molecule is CCCC(CCO)CNC(=O)c1cnc2onc(C)c2c1. The van der Waals surface area contributed by atoms with Gasteiger partial charge in [-0.15, -0.1) is 0 Å². The molecule has 0 aliphatic carbocycles. The van der Waals surface area contributed by atoms with Crippen molar-refractivity contribution in [1.82, 2.24) is 15.5 Å². The molecule has 0 radical (unpaired) electrons. The molecule has 2 aromatic rings. The van der Waals surface area contributed by atoms with Gasteiger partial charge < -0.3 is 14.9 Å². The third-order valence-electron chi connectivity index (χ3n) is 3.56. The Morgan fingerprint density at radius 3 is 3.00 bits per heavy atom. The van der Waals surface area contributed by atoms with Crippen molar-refractivity contribution in [3.05, 3.63) is 23.5 Å². The minimum atomic E-state index is -0.163. The van der Waals surface area contributed by atoms with Gasteiger partial charge in [0.25, 0.3) is 11.6 Å². The molecular weight excluding hydrogens is 270 g/mol. The van der Waals surface area contributed by atoms with Crippen LogP contribution in [0.4, 0.5) is 0 Å². The van der Waals surface area contributed by atoms with E-state index in [4.69, 9.17) is 9.63 Å². The number of hydrogen-bond acceptors (Lipinski definition) is 5. The van der Waals surface area contributed by atoms with E-state index in [2.05, 4.69) is 22.4 Å². The average Bonchev–Trinajstić information content (AvgIpc) is 2.86. The highest BCUT2D eigenvalue weighted by Crippen LogP contribution is 2.17. The van der Waals surface area contributed by atoms with E-state index in [0.717, 1.165) is 23.9 Å². The maximum Gasteiger partial charge on any atom is 0.257 e. The van der Waals surface area contributed by atoms with Crippen LogP contribution in [0.25, 0.3) is 11.1 Å². The van der Waals surface area contributed by atoms with E-state index in [1.165, 1.54) is 6.20 Å². The van der Waals surface area contributed by atoms with Gasteiger partial charge in [-0.3, -0.25) is 4.79 Å². The molecule has 2 aromatic heterocycles. The monoisotopic (exact) mass is 291 g/mol. The molecule has 2 N–H and O–H groups in total. The van der Waals surface area contributed by atoms with Crippen LogP contribution in [0.5, 0.6) is 0 Å². The maximum absolute atomic E-state index is 12.2. The van der Waals surface area contributed by atoms with Gasteiger partial charge >= 0.3 is 0 Å². The van der Waals surface area contributed by atoms with E-state index in [9.17, 15) is 4.79 Å². The van der Waals surface area contributed by atoms with Gasteiger partial charge in [0.15, 0.2) is 0 Å². The van der Waals surface area contributed by atoms with Gasteiger partial charge in [0.1, 0.15) is 0 Å². The lowest BCUT2D eigenvalue weighted by Gasteiger charge is -2.15. The molecule has 0 aliphatic heterocycles. The number of aliphatic hydroxyl groups excluding tert-OH is 1. The Bertz CT molecular complexity index is 603. The zero-order valence-electron chi connectivity index (χ0n) is 12.4. The van der Waals surface area contributed by atoms with Gasteiger partial charge in [0.2, 0.25) is 0 Å². The third kappa shape index (κ3) is 3.78. The molecular formula is C15H21N3O3. The number of rotatable bonds is 7. The molecule has 21 heavy (non-hydrogen) atoms. The quantitative estimate of drug-likeness (QED) is 0.815. The molecule has 0 spiro atoms. The minimum absolute atomic E-state index is 0.147. The van der Waals surface area contributed by atoms with Crippen LogP contribution < -0.4 is 5.32 Å². The number of nitrogens with zero attached hydrogens (tertiary/aromatic N) is 2. The molecule has 0 saturated heterocycles. The topological polar surface area (TPSA) is 88.2 Å². The van der Waals surface area contributed by atoms with Crippen molar-refractivity contribution >= 4 is 17.0 Å². The molecule has 114 valence electrons. The number of amides is 1. The summed E-state index contributed by atoms with van der Waals surface area (Å²) in [6.45, 7) is 4.62. The molecule has 2 rings (SSSR count). The van der Waals surface area contributed by atoms with E-state index < -0.39 is 0 Å². The fraction of sp³-hybridized carbons (Fsp3) is 0.533. The van der Waals surface area contributed by atoms with E-state index >= 15 is 0 Å². The van der Waals surface area contributed by atoms with Crippen LogP contribution >= 0.6 is 0 Å². The van der Waals surface area contributed by atoms with Gasteiger partial charge in [-0.1, -0.05) is 18.5 Å². The number of aliphatic hydroxyl groups is 1. The number of carbonyl (C=O) groups is 1. The number of aryl methyl sites for hydroxylation is 1. The molecule has 0 bridgehead atoms. The Balaban J connectivity index is 2.02. The summed E-state index contributed by atoms with van der Waals surface area (Å²) < 4.78 is 5.02. The summed E-state index contributed by atoms with van der Waals surface area (Å²) in [5.41, 5.74) is 1.65. The molecule has 0 aromatic carbocycles. The highest BCUT2D eigenvalue weighted by molar-refractivity contribution is 5.96. The lowest BCUT2D eigenvalue weighted by Crippen LogP contribution is -2.29. The summed E-state index contributed by atoms with van der Waals surface area (Å²) in [6, 6.07) is 1.74. The van der Waals surface area contributed by atoms with Crippen LogP contribution in [0.1, 0.15) is 42.2 Å². The summed E-state index contributed by atoms with van der Waals surface area (Å²) in [7, 11) is 0. The Morgan fingerprint density at radius 2 is 2.29 bits per heavy atom. The van der Waals surface area contributed by atoms with Crippen LogP contribution in [0, 0.1) is 12.8 Å². The van der Waals surface area contributed by atoms with Crippen LogP contribution in [0.15, 0.2) is 16.8 Å². The zero-order chi connectivity index (χ0) is 15.2. The smallest absolute Gasteiger partial charge is 0.257 e. The van der Waals surface area contributed by atoms with Crippen molar-refractivity contribution in [2.75, 3.05) is 13.2 Å². The standard InChI is InChI=1S/C15H21N3O3/c1-3-4-11(5-6-19)8-16-14(20)12-7-13-10(2)18-21-15(13)17-9-12/h7,9,11,19H,3-6,8H2,1-2H3,(H,16,20). The first-order valence-electron chi connectivity index (χ1n) is 7.26. The van der Waals surface area contributed by atoms with Crippen molar-refractivity contribution < 1.29 is 14.4 Å². The first-order chi connectivity index (χ1) is 10.2. The molecule has 0 aliphatic rings. The number of carbonyl (C=O) groups excluding carboxylic acids is 1. The van der Waals surface area contributed by atoms with Crippen LogP contribution in [-0.2, 0) is 0 Å². The number of aromatic nitrogens is 2. The number of nitrogens with one attached hydrogen (secondary N) is 1. The van der Waals surface area contributed by atoms with Gasteiger partial charge in [-0.2, -0.15) is 0 Å². The lowest BCUT2D eigenvalue weighted by molar-refractivity contribution is 0.0942. The Morgan fingerprint density at radius 1 is 1.48 bits per heavy atom. The largest absolute Gasteiger partial charge is 0.396 e. The lowest BCUT2D eigenvalue weighted by atomic mass is 10.00. The van der Waals surface area contributed by atoms with E-state index in [1.807, 2.05) is 6.92 Å². The second-order valence-corrected chi connectivity index (χ2v) is 5.22. The fourth-order valence-electron chi connectivity index (χ4n) is 2.35. The Labute approximate surface area is 123 Å². The number of hydrogen-bond donors (Lipinski definition) is 2. The molecule has 2 heterocycles. The Hall–Kier alpha value is -1.95. The predicted octanol–water partition coefficient (Wildman–Crippen LogP) is 2.06. The first-order valence-corrected chi connectivity index (χ1v) is 7.26. The second kappa shape index (κ2) is 7.17. The van der Waals surface area contributed by atoms with Crippen LogP contribution in [-0.4, -0.2) is 34.3 Å². The van der Waals surface area contributed by atoms with Gasteiger partial charge in [0.05, 0.1) is 16.6 Å². The Kier molecular flexibility index (Phi) is 5.27. The van der Waals surface area contributed by atoms with Crippen LogP contribution in [0.3, 0.4) is 0 Å². The van der Waals surface area contributed by atoms with Crippen LogP contribution in [0.2, 0.25) is 0 Å². The molecule has 1 atom stereocenters. The molecule has 1 amide bonds. The molecule has 0 fully saturated rings. The molecule has 6 nitrogen and oxygen atoms in total. The van der Waals surface area contributed by atoms with Crippen molar-refractivity contribution in [3.8, 4) is 0 Å². The normalized spacial score (nSPS) is 12.5. The fourth-order valence-corrected chi connectivity index (χ4v) is 2.35. The van der Waals surface area contributed by atoms with E-state index in [1.54, 1.807) is 6.07 Å². The van der Waals surface area contributed by atoms with E-state index in [-0.39, 0.29) is 12.5 Å². The van der Waals surface area contributed by atoms with Gasteiger partial charge in [0, 0.05) is 19.3 Å². The van der Waals surface area contributed by atoms with Crippen molar-refractivity contribution in [1.29, 1.82) is 0 Å². The number of fused-ring (bicyclic) bond motifs is 1. The predicted molar refractivity (Wildman–Crippen MR) is 79.0 cm³/mol. The van der Waals surface area contributed by atoms with Crippen molar-refractivity contribution in [3.63, 3.8) is 0 Å². The minimum Gasteiger partial charge on any atom is -0.396 e. The summed E-state index contributed by atoms with van der Waals surface area (Å²) in [6.07, 6.45) is 4.22. The summed E-state index contributed by atoms with van der Waals surface area (Å²) in [4.78, 5) is 16.3. The molecule has 6 heteroatoms. The highest BCUT2D eigenvalue weighted by Gasteiger charge is 2.13. The third-order valence-corrected chi connectivity index (χ3v) is 3.56. The second-order valence-electron chi connectivity index (χ2n) is 5.22. The first kappa shape index (κ1) is 15.4. The molecule has 0 saturated carbocycles. The van der Waals surface area contributed by atoms with Crippen molar-refractivity contribution in [2.24, 2.45) is 5.92 Å². The summed E-state index contributed by atoms with van der Waals surface area (Å²) in [5, 5.41) is 16.5.